The number of aromatic amines is 1. The van der Waals surface area contributed by atoms with Crippen molar-refractivity contribution in [1.29, 1.82) is 0 Å². The van der Waals surface area contributed by atoms with E-state index in [1.165, 1.54) is 6.07 Å². The fraction of sp³-hybridized carbons (Fsp3) is 0.406. The van der Waals surface area contributed by atoms with Crippen LogP contribution in [0.2, 0.25) is 0 Å². The number of carbonyl (C=O) groups is 1. The topological polar surface area (TPSA) is 97.8 Å². The van der Waals surface area contributed by atoms with Gasteiger partial charge in [-0.05, 0) is 48.0 Å². The van der Waals surface area contributed by atoms with Crippen LogP contribution in [-0.2, 0) is 37.1 Å². The first-order valence-corrected chi connectivity index (χ1v) is 14.7. The molecule has 0 unspecified atom stereocenters. The molecule has 6 rings (SSSR count). The predicted molar refractivity (Wildman–Crippen MR) is 158 cm³/mol. The van der Waals surface area contributed by atoms with E-state index >= 15 is 0 Å². The standard InChI is InChI=1S/C32H35F3N6O3/c1-20-16-41(18-23-13-25(15-37-30(20)23)44-28-5-6-36-31-26(28)14-24(19-42)38-31)29(43)12-21-3-4-22(27(11-21)32(33,34)35)17-40-9-7-39(2)8-10-40/h3-6,11,13-15,20,42H,7-10,12,16-19H2,1-2H3,(H,36,38)/t20-/m0/s1. The van der Waals surface area contributed by atoms with Crippen LogP contribution >= 0.6 is 0 Å². The van der Waals surface area contributed by atoms with Gasteiger partial charge in [0.15, 0.2) is 0 Å². The quantitative estimate of drug-likeness (QED) is 0.314. The molecule has 0 radical (unpaired) electrons. The highest BCUT2D eigenvalue weighted by Crippen LogP contribution is 2.35. The molecule has 2 aliphatic rings. The molecule has 1 atom stereocenters. The van der Waals surface area contributed by atoms with Crippen molar-refractivity contribution < 1.29 is 27.8 Å². The van der Waals surface area contributed by atoms with E-state index in [0.717, 1.165) is 30.4 Å². The highest BCUT2D eigenvalue weighted by Gasteiger charge is 2.35. The molecule has 0 aliphatic carbocycles. The van der Waals surface area contributed by atoms with E-state index in [2.05, 4.69) is 19.9 Å². The molecular weight excluding hydrogens is 573 g/mol. The lowest BCUT2D eigenvalue weighted by molar-refractivity contribution is -0.138. The van der Waals surface area contributed by atoms with E-state index in [1.54, 1.807) is 35.5 Å². The molecule has 1 amide bonds. The smallest absolute Gasteiger partial charge is 0.416 e. The van der Waals surface area contributed by atoms with Crippen LogP contribution in [0, 0.1) is 0 Å². The van der Waals surface area contributed by atoms with Gasteiger partial charge in [-0.3, -0.25) is 14.7 Å². The molecule has 9 nitrogen and oxygen atoms in total. The van der Waals surface area contributed by atoms with Crippen LogP contribution in [0.15, 0.2) is 48.8 Å². The van der Waals surface area contributed by atoms with Gasteiger partial charge in [0.1, 0.15) is 17.1 Å². The number of fused-ring (bicyclic) bond motifs is 2. The minimum atomic E-state index is -4.51. The van der Waals surface area contributed by atoms with E-state index in [4.69, 9.17) is 4.74 Å². The molecule has 0 saturated carbocycles. The molecule has 44 heavy (non-hydrogen) atoms. The van der Waals surface area contributed by atoms with Gasteiger partial charge in [0.2, 0.25) is 5.91 Å². The third kappa shape index (κ3) is 6.42. The van der Waals surface area contributed by atoms with Gasteiger partial charge in [0.05, 0.1) is 35.9 Å². The second-order valence-electron chi connectivity index (χ2n) is 11.8. The molecular formula is C32H35F3N6O3. The maximum Gasteiger partial charge on any atom is 0.416 e. The summed E-state index contributed by atoms with van der Waals surface area (Å²) < 4.78 is 48.4. The first kappa shape index (κ1) is 30.0. The summed E-state index contributed by atoms with van der Waals surface area (Å²) in [5, 5.41) is 10.2. The molecule has 0 spiro atoms. The Morgan fingerprint density at radius 3 is 2.66 bits per heavy atom. The Balaban J connectivity index is 1.17. The number of aromatic nitrogens is 3. The SMILES string of the molecule is C[C@H]1CN(C(=O)Cc2ccc(CN3CCN(C)CC3)c(C(F)(F)F)c2)Cc2cc(Oc3ccnc4[nH]c(CO)cc34)cnc21. The number of hydrogen-bond acceptors (Lipinski definition) is 7. The number of nitrogens with one attached hydrogen (secondary N) is 1. The third-order valence-corrected chi connectivity index (χ3v) is 8.42. The molecule has 1 fully saturated rings. The van der Waals surface area contributed by atoms with Crippen molar-refractivity contribution in [2.75, 3.05) is 39.8 Å². The molecule has 5 heterocycles. The fourth-order valence-electron chi connectivity index (χ4n) is 6.03. The number of amides is 1. The Labute approximate surface area is 253 Å². The monoisotopic (exact) mass is 608 g/mol. The second-order valence-corrected chi connectivity index (χ2v) is 11.8. The van der Waals surface area contributed by atoms with Crippen LogP contribution in [0.4, 0.5) is 13.2 Å². The lowest BCUT2D eigenvalue weighted by Crippen LogP contribution is -2.44. The number of pyridine rings is 2. The number of carbonyl (C=O) groups excluding carboxylic acids is 1. The summed E-state index contributed by atoms with van der Waals surface area (Å²) in [6, 6.07) is 9.65. The van der Waals surface area contributed by atoms with Crippen molar-refractivity contribution in [3.05, 3.63) is 82.4 Å². The summed E-state index contributed by atoms with van der Waals surface area (Å²) in [6.07, 6.45) is -1.39. The van der Waals surface area contributed by atoms with E-state index in [9.17, 15) is 23.1 Å². The van der Waals surface area contributed by atoms with E-state index in [-0.39, 0.29) is 43.5 Å². The zero-order chi connectivity index (χ0) is 31.0. The van der Waals surface area contributed by atoms with Crippen LogP contribution < -0.4 is 4.74 Å². The largest absolute Gasteiger partial charge is 0.455 e. The van der Waals surface area contributed by atoms with Gasteiger partial charge in [0, 0.05) is 63.6 Å². The molecule has 232 valence electrons. The van der Waals surface area contributed by atoms with Crippen LogP contribution in [0.25, 0.3) is 11.0 Å². The number of likely N-dealkylation sites (N-methyl/N-ethyl adjacent to an activating group) is 1. The number of H-pyrrole nitrogens is 1. The van der Waals surface area contributed by atoms with Crippen molar-refractivity contribution >= 4 is 16.9 Å². The predicted octanol–water partition coefficient (Wildman–Crippen LogP) is 4.70. The fourth-order valence-corrected chi connectivity index (χ4v) is 6.03. The third-order valence-electron chi connectivity index (χ3n) is 8.42. The highest BCUT2D eigenvalue weighted by molar-refractivity contribution is 5.83. The van der Waals surface area contributed by atoms with E-state index in [1.807, 2.05) is 24.9 Å². The first-order valence-electron chi connectivity index (χ1n) is 14.7. The van der Waals surface area contributed by atoms with Crippen molar-refractivity contribution in [3.8, 4) is 11.5 Å². The summed E-state index contributed by atoms with van der Waals surface area (Å²) in [4.78, 5) is 31.2. The zero-order valence-corrected chi connectivity index (χ0v) is 24.7. The Kier molecular flexibility index (Phi) is 8.32. The van der Waals surface area contributed by atoms with Crippen LogP contribution in [-0.4, -0.2) is 80.4 Å². The van der Waals surface area contributed by atoms with Gasteiger partial charge in [-0.25, -0.2) is 4.98 Å². The van der Waals surface area contributed by atoms with Gasteiger partial charge in [0.25, 0.3) is 0 Å². The summed E-state index contributed by atoms with van der Waals surface area (Å²) >= 11 is 0. The second kappa shape index (κ2) is 12.2. The molecule has 2 aliphatic heterocycles. The summed E-state index contributed by atoms with van der Waals surface area (Å²) in [5.41, 5.74) is 2.78. The molecule has 12 heteroatoms. The van der Waals surface area contributed by atoms with Crippen LogP contribution in [0.5, 0.6) is 11.5 Å². The highest BCUT2D eigenvalue weighted by atomic mass is 19.4. The number of aliphatic hydroxyl groups excluding tert-OH is 1. The summed E-state index contributed by atoms with van der Waals surface area (Å²) in [6.45, 7) is 5.82. The number of rotatable bonds is 7. The van der Waals surface area contributed by atoms with Crippen molar-refractivity contribution in [1.82, 2.24) is 29.7 Å². The number of ether oxygens (including phenoxy) is 1. The Morgan fingerprint density at radius 2 is 1.91 bits per heavy atom. The number of nitrogens with zero attached hydrogens (tertiary/aromatic N) is 5. The molecule has 3 aromatic heterocycles. The van der Waals surface area contributed by atoms with Gasteiger partial charge in [-0.15, -0.1) is 0 Å². The number of piperazine rings is 1. The Bertz CT molecular complexity index is 1660. The van der Waals surface area contributed by atoms with Crippen LogP contribution in [0.3, 0.4) is 0 Å². The number of alkyl halides is 3. The molecule has 2 N–H and O–H groups in total. The number of benzene rings is 1. The molecule has 0 bridgehead atoms. The van der Waals surface area contributed by atoms with Gasteiger partial charge in [-0.2, -0.15) is 13.2 Å². The summed E-state index contributed by atoms with van der Waals surface area (Å²) in [7, 11) is 2.01. The van der Waals surface area contributed by atoms with Crippen molar-refractivity contribution in [2.24, 2.45) is 0 Å². The first-order chi connectivity index (χ1) is 21.1. The molecule has 1 saturated heterocycles. The average Bonchev–Trinajstić information content (AvgIpc) is 3.43. The van der Waals surface area contributed by atoms with Crippen LogP contribution in [0.1, 0.15) is 46.5 Å². The minimum Gasteiger partial charge on any atom is -0.455 e. The lowest BCUT2D eigenvalue weighted by atomic mass is 9.95. The number of hydrogen-bond donors (Lipinski definition) is 2. The van der Waals surface area contributed by atoms with E-state index < -0.39 is 11.7 Å². The van der Waals surface area contributed by atoms with Gasteiger partial charge in [-0.1, -0.05) is 19.1 Å². The minimum absolute atomic E-state index is 0.0575. The lowest BCUT2D eigenvalue weighted by Gasteiger charge is -2.33. The normalized spacial score (nSPS) is 18.0. The number of aliphatic hydroxyl groups is 1. The summed E-state index contributed by atoms with van der Waals surface area (Å²) in [5.74, 6) is 0.725. The number of halogens is 3. The van der Waals surface area contributed by atoms with Gasteiger partial charge >= 0.3 is 6.18 Å². The molecule has 4 aromatic rings. The zero-order valence-electron chi connectivity index (χ0n) is 24.7. The maximum atomic E-state index is 14.1. The van der Waals surface area contributed by atoms with Crippen molar-refractivity contribution in [2.45, 2.75) is 45.1 Å². The molecule has 1 aromatic carbocycles. The Morgan fingerprint density at radius 1 is 1.11 bits per heavy atom. The average molecular weight is 609 g/mol. The van der Waals surface area contributed by atoms with E-state index in [0.29, 0.717) is 53.4 Å². The maximum absolute atomic E-state index is 14.1. The van der Waals surface area contributed by atoms with Crippen molar-refractivity contribution in [3.63, 3.8) is 0 Å². The Hall–Kier alpha value is -4.00. The van der Waals surface area contributed by atoms with Gasteiger partial charge < -0.3 is 24.6 Å².